The highest BCUT2D eigenvalue weighted by Gasteiger charge is 2.36. The largest absolute Gasteiger partial charge is 0.497 e. The number of carbonyl (C=O) groups is 2. The number of nitrogens with one attached hydrogen (secondary N) is 1. The van der Waals surface area contributed by atoms with E-state index in [0.29, 0.717) is 40.9 Å². The average molecular weight is 629 g/mol. The van der Waals surface area contributed by atoms with Crippen molar-refractivity contribution in [1.82, 2.24) is 24.5 Å². The Morgan fingerprint density at radius 2 is 1.74 bits per heavy atom. The number of aromatic nitrogens is 4. The minimum absolute atomic E-state index is 0.227. The fourth-order valence-corrected chi connectivity index (χ4v) is 6.96. The molecular formula is C36H32N6O3S. The zero-order chi connectivity index (χ0) is 31.6. The van der Waals surface area contributed by atoms with Crippen LogP contribution in [0.2, 0.25) is 0 Å². The molecule has 7 rings (SSSR count). The van der Waals surface area contributed by atoms with Crippen LogP contribution in [0.25, 0.3) is 27.8 Å². The summed E-state index contributed by atoms with van der Waals surface area (Å²) in [5, 5.41) is 13.1. The van der Waals surface area contributed by atoms with Gasteiger partial charge >= 0.3 is 0 Å². The highest BCUT2D eigenvalue weighted by molar-refractivity contribution is 7.99. The Hall–Kier alpha value is -5.35. The van der Waals surface area contributed by atoms with Crippen LogP contribution in [0.5, 0.6) is 5.75 Å². The first-order valence-corrected chi connectivity index (χ1v) is 16.1. The minimum Gasteiger partial charge on any atom is -0.497 e. The summed E-state index contributed by atoms with van der Waals surface area (Å²) in [4.78, 5) is 29.0. The topological polar surface area (TPSA) is 94.3 Å². The number of amides is 2. The molecule has 1 N–H and O–H groups in total. The van der Waals surface area contributed by atoms with E-state index in [1.165, 1.54) is 0 Å². The van der Waals surface area contributed by atoms with E-state index in [2.05, 4.69) is 50.5 Å². The molecule has 230 valence electrons. The number of rotatable bonds is 8. The van der Waals surface area contributed by atoms with Gasteiger partial charge in [-0.2, -0.15) is 0 Å². The van der Waals surface area contributed by atoms with Crippen LogP contribution in [0.4, 0.5) is 5.69 Å². The third-order valence-electron chi connectivity index (χ3n) is 8.17. The Morgan fingerprint density at radius 1 is 0.957 bits per heavy atom. The molecule has 0 radical (unpaired) electrons. The molecule has 0 spiro atoms. The van der Waals surface area contributed by atoms with E-state index in [1.54, 1.807) is 52.7 Å². The van der Waals surface area contributed by atoms with Crippen molar-refractivity contribution in [3.05, 3.63) is 126 Å². The smallest absolute Gasteiger partial charge is 0.257 e. The number of anilines is 1. The number of fused-ring (bicyclic) bond motifs is 1. The van der Waals surface area contributed by atoms with E-state index in [1.807, 2.05) is 61.7 Å². The van der Waals surface area contributed by atoms with Crippen LogP contribution in [0, 0.1) is 6.92 Å². The quantitative estimate of drug-likeness (QED) is 0.210. The number of ether oxygens (including phenoxy) is 1. The molecule has 1 atom stereocenters. The Morgan fingerprint density at radius 3 is 2.54 bits per heavy atom. The second-order valence-electron chi connectivity index (χ2n) is 11.2. The van der Waals surface area contributed by atoms with Gasteiger partial charge in [-0.1, -0.05) is 59.8 Å². The summed E-state index contributed by atoms with van der Waals surface area (Å²) in [6.07, 6.45) is 1.88. The lowest BCUT2D eigenvalue weighted by molar-refractivity contribution is -0.119. The highest BCUT2D eigenvalue weighted by Crippen LogP contribution is 2.30. The van der Waals surface area contributed by atoms with Crippen LogP contribution in [0.15, 0.2) is 109 Å². The van der Waals surface area contributed by atoms with Crippen LogP contribution in [0.3, 0.4) is 0 Å². The Kier molecular flexibility index (Phi) is 8.02. The summed E-state index contributed by atoms with van der Waals surface area (Å²) >= 11 is 1.56. The van der Waals surface area contributed by atoms with E-state index in [9.17, 15) is 9.59 Å². The first-order valence-electron chi connectivity index (χ1n) is 15.0. The van der Waals surface area contributed by atoms with Crippen molar-refractivity contribution in [2.45, 2.75) is 19.5 Å². The molecule has 2 amide bonds. The van der Waals surface area contributed by atoms with Gasteiger partial charge in [-0.3, -0.25) is 9.59 Å². The molecule has 10 heteroatoms. The summed E-state index contributed by atoms with van der Waals surface area (Å²) in [6.45, 7) is 2.48. The molecule has 2 aromatic heterocycles. The van der Waals surface area contributed by atoms with Gasteiger partial charge in [0.05, 0.1) is 37.0 Å². The zero-order valence-corrected chi connectivity index (χ0v) is 26.3. The fourth-order valence-electron chi connectivity index (χ4n) is 5.81. The van der Waals surface area contributed by atoms with Crippen LogP contribution >= 0.6 is 11.8 Å². The van der Waals surface area contributed by atoms with Gasteiger partial charge in [-0.15, -0.1) is 16.9 Å². The van der Waals surface area contributed by atoms with Gasteiger partial charge in [0.25, 0.3) is 5.91 Å². The van der Waals surface area contributed by atoms with E-state index in [4.69, 9.17) is 4.74 Å². The molecule has 1 unspecified atom stereocenters. The van der Waals surface area contributed by atoms with Gasteiger partial charge in [0.15, 0.2) is 0 Å². The lowest BCUT2D eigenvalue weighted by Gasteiger charge is -2.24. The standard InChI is InChI=1S/C36H32N6O3S/c1-24-12-17-30(36(44)41-23-46-22-34(41)35(43)37-27-13-15-29(45-2)16-14-27)33(18-24)42-21-28(38-39-42)20-40-31-11-7-6-10-26(31)19-32(40)25-8-4-3-5-9-25/h3-19,21,34H,20,22-23H2,1-2H3,(H,37,43). The summed E-state index contributed by atoms with van der Waals surface area (Å²) in [6, 6.07) is 33.0. The highest BCUT2D eigenvalue weighted by atomic mass is 32.2. The van der Waals surface area contributed by atoms with Crippen LogP contribution in [-0.4, -0.2) is 61.1 Å². The number of thioether (sulfide) groups is 1. The molecule has 1 saturated heterocycles. The molecule has 3 heterocycles. The predicted molar refractivity (Wildman–Crippen MR) is 181 cm³/mol. The second kappa shape index (κ2) is 12.6. The third-order valence-corrected chi connectivity index (χ3v) is 9.19. The SMILES string of the molecule is COc1ccc(NC(=O)C2CSCN2C(=O)c2ccc(C)cc2-n2cc(Cn3c(-c4ccccc4)cc4ccccc43)nn2)cc1. The second-order valence-corrected chi connectivity index (χ2v) is 12.2. The molecule has 0 aliphatic carbocycles. The van der Waals surface area contributed by atoms with Crippen LogP contribution in [0.1, 0.15) is 21.6 Å². The first kappa shape index (κ1) is 29.4. The maximum Gasteiger partial charge on any atom is 0.257 e. The number of aryl methyl sites for hydroxylation is 1. The van der Waals surface area contributed by atoms with Crippen molar-refractivity contribution in [1.29, 1.82) is 0 Å². The van der Waals surface area contributed by atoms with Gasteiger partial charge in [0, 0.05) is 28.0 Å². The van der Waals surface area contributed by atoms with Crippen molar-refractivity contribution in [3.8, 4) is 22.7 Å². The third kappa shape index (κ3) is 5.75. The molecule has 1 aliphatic heterocycles. The molecule has 1 aliphatic rings. The van der Waals surface area contributed by atoms with Crippen molar-refractivity contribution in [3.63, 3.8) is 0 Å². The Balaban J connectivity index is 1.16. The predicted octanol–water partition coefficient (Wildman–Crippen LogP) is 6.41. The van der Waals surface area contributed by atoms with Crippen LogP contribution < -0.4 is 10.1 Å². The van der Waals surface area contributed by atoms with Gasteiger partial charge < -0.3 is 19.5 Å². The summed E-state index contributed by atoms with van der Waals surface area (Å²) in [5.41, 5.74) is 6.78. The van der Waals surface area contributed by atoms with E-state index in [-0.39, 0.29) is 11.8 Å². The molecule has 0 bridgehead atoms. The summed E-state index contributed by atoms with van der Waals surface area (Å²) < 4.78 is 9.12. The van der Waals surface area contributed by atoms with Crippen molar-refractivity contribution < 1.29 is 14.3 Å². The number of hydrogen-bond donors (Lipinski definition) is 1. The number of methoxy groups -OCH3 is 1. The normalized spacial score (nSPS) is 14.5. The Labute approximate surface area is 270 Å². The number of para-hydroxylation sites is 1. The number of nitrogens with zero attached hydrogens (tertiary/aromatic N) is 5. The van der Waals surface area contributed by atoms with E-state index < -0.39 is 6.04 Å². The molecule has 6 aromatic rings. The summed E-state index contributed by atoms with van der Waals surface area (Å²) in [7, 11) is 1.60. The van der Waals surface area contributed by atoms with Gasteiger partial charge in [0.2, 0.25) is 5.91 Å². The summed E-state index contributed by atoms with van der Waals surface area (Å²) in [5.74, 6) is 1.17. The van der Waals surface area contributed by atoms with E-state index >= 15 is 0 Å². The molecule has 46 heavy (non-hydrogen) atoms. The molecule has 0 saturated carbocycles. The zero-order valence-electron chi connectivity index (χ0n) is 25.5. The number of hydrogen-bond acceptors (Lipinski definition) is 6. The Bertz CT molecular complexity index is 2040. The molecule has 1 fully saturated rings. The lowest BCUT2D eigenvalue weighted by atomic mass is 10.1. The number of benzene rings is 4. The molecule has 4 aromatic carbocycles. The van der Waals surface area contributed by atoms with Crippen molar-refractivity contribution in [2.75, 3.05) is 24.1 Å². The van der Waals surface area contributed by atoms with Crippen molar-refractivity contribution in [2.24, 2.45) is 0 Å². The maximum absolute atomic E-state index is 14.1. The van der Waals surface area contributed by atoms with Gasteiger partial charge in [0.1, 0.15) is 17.5 Å². The van der Waals surface area contributed by atoms with Gasteiger partial charge in [-0.05, 0) is 66.6 Å². The van der Waals surface area contributed by atoms with Crippen molar-refractivity contribution >= 4 is 40.2 Å². The van der Waals surface area contributed by atoms with E-state index in [0.717, 1.165) is 33.4 Å². The lowest BCUT2D eigenvalue weighted by Crippen LogP contribution is -2.44. The molecule has 9 nitrogen and oxygen atoms in total. The monoisotopic (exact) mass is 628 g/mol. The average Bonchev–Trinajstić information content (AvgIpc) is 3.85. The fraction of sp³-hybridized carbons (Fsp3) is 0.167. The first-order chi connectivity index (χ1) is 22.5. The molecular weight excluding hydrogens is 597 g/mol. The maximum atomic E-state index is 14.1. The minimum atomic E-state index is -0.613. The van der Waals surface area contributed by atoms with Gasteiger partial charge in [-0.25, -0.2) is 4.68 Å². The number of carbonyl (C=O) groups excluding carboxylic acids is 2. The van der Waals surface area contributed by atoms with Crippen LogP contribution in [-0.2, 0) is 11.3 Å².